The van der Waals surface area contributed by atoms with Crippen LogP contribution in [0.3, 0.4) is 0 Å². The topological polar surface area (TPSA) is 83.2 Å². The van der Waals surface area contributed by atoms with Gasteiger partial charge in [-0.05, 0) is 24.5 Å². The van der Waals surface area contributed by atoms with Crippen LogP contribution in [0.2, 0.25) is 0 Å². The molecular formula is C19H33ClN2O4. The summed E-state index contributed by atoms with van der Waals surface area (Å²) in [6, 6.07) is 7.30. The SMILES string of the molecule is CC(C)CCOc1ccccc1C(=O)NCCC[NH+](CCO)CCO.[Cl-]. The first kappa shape index (κ1) is 24.7. The van der Waals surface area contributed by atoms with Gasteiger partial charge in [0.15, 0.2) is 0 Å². The number of carbonyl (C=O) groups is 1. The molecule has 0 fully saturated rings. The van der Waals surface area contributed by atoms with Crippen molar-refractivity contribution in [2.45, 2.75) is 26.7 Å². The maximum atomic E-state index is 12.4. The zero-order chi connectivity index (χ0) is 18.5. The smallest absolute Gasteiger partial charge is 0.255 e. The van der Waals surface area contributed by atoms with E-state index in [0.717, 1.165) is 24.3 Å². The molecule has 1 rings (SSSR count). The molecule has 0 atom stereocenters. The predicted molar refractivity (Wildman–Crippen MR) is 98.1 cm³/mol. The van der Waals surface area contributed by atoms with E-state index < -0.39 is 0 Å². The minimum absolute atomic E-state index is 0. The van der Waals surface area contributed by atoms with Gasteiger partial charge in [0, 0.05) is 13.0 Å². The second-order valence-electron chi connectivity index (χ2n) is 6.58. The number of benzene rings is 1. The molecule has 0 aromatic heterocycles. The zero-order valence-electron chi connectivity index (χ0n) is 15.8. The summed E-state index contributed by atoms with van der Waals surface area (Å²) in [5.74, 6) is 1.05. The van der Waals surface area contributed by atoms with Crippen molar-refractivity contribution in [1.29, 1.82) is 0 Å². The number of halogens is 1. The van der Waals surface area contributed by atoms with Gasteiger partial charge in [-0.25, -0.2) is 0 Å². The van der Waals surface area contributed by atoms with Crippen molar-refractivity contribution < 1.29 is 37.1 Å². The Bertz CT molecular complexity index is 494. The van der Waals surface area contributed by atoms with E-state index in [4.69, 9.17) is 14.9 Å². The van der Waals surface area contributed by atoms with Gasteiger partial charge in [0.25, 0.3) is 5.91 Å². The highest BCUT2D eigenvalue weighted by Gasteiger charge is 2.12. The molecule has 4 N–H and O–H groups in total. The highest BCUT2D eigenvalue weighted by Crippen LogP contribution is 2.18. The third-order valence-corrected chi connectivity index (χ3v) is 4.01. The van der Waals surface area contributed by atoms with Crippen molar-refractivity contribution in [1.82, 2.24) is 5.32 Å². The molecule has 0 heterocycles. The Hall–Kier alpha value is -1.34. The number of nitrogens with one attached hydrogen (secondary N) is 2. The monoisotopic (exact) mass is 388 g/mol. The minimum Gasteiger partial charge on any atom is -1.00 e. The van der Waals surface area contributed by atoms with Gasteiger partial charge in [0.05, 0.1) is 31.9 Å². The number of ether oxygens (including phenoxy) is 1. The lowest BCUT2D eigenvalue weighted by Crippen LogP contribution is -3.13. The van der Waals surface area contributed by atoms with E-state index in [9.17, 15) is 4.79 Å². The van der Waals surface area contributed by atoms with Gasteiger partial charge >= 0.3 is 0 Å². The van der Waals surface area contributed by atoms with E-state index >= 15 is 0 Å². The molecule has 6 nitrogen and oxygen atoms in total. The van der Waals surface area contributed by atoms with Crippen molar-refractivity contribution in [3.05, 3.63) is 29.8 Å². The van der Waals surface area contributed by atoms with Crippen molar-refractivity contribution in [3.63, 3.8) is 0 Å². The lowest BCUT2D eigenvalue weighted by molar-refractivity contribution is -0.900. The van der Waals surface area contributed by atoms with Crippen molar-refractivity contribution in [3.8, 4) is 5.75 Å². The predicted octanol–water partition coefficient (Wildman–Crippen LogP) is -2.90. The van der Waals surface area contributed by atoms with E-state index in [2.05, 4.69) is 19.2 Å². The van der Waals surface area contributed by atoms with Gasteiger partial charge in [-0.1, -0.05) is 26.0 Å². The molecule has 150 valence electrons. The summed E-state index contributed by atoms with van der Waals surface area (Å²) in [7, 11) is 0. The number of amides is 1. The molecule has 0 spiro atoms. The van der Waals surface area contributed by atoms with Crippen LogP contribution in [0.1, 0.15) is 37.0 Å². The normalized spacial score (nSPS) is 10.7. The Kier molecular flexibility index (Phi) is 14.0. The van der Waals surface area contributed by atoms with Crippen LogP contribution in [0.5, 0.6) is 5.75 Å². The molecule has 0 saturated heterocycles. The molecule has 0 aliphatic heterocycles. The molecule has 1 aromatic carbocycles. The number of aliphatic hydroxyl groups excluding tert-OH is 2. The fourth-order valence-corrected chi connectivity index (χ4v) is 2.51. The summed E-state index contributed by atoms with van der Waals surface area (Å²) >= 11 is 0. The highest BCUT2D eigenvalue weighted by molar-refractivity contribution is 5.96. The third kappa shape index (κ3) is 9.97. The van der Waals surface area contributed by atoms with Crippen LogP contribution < -0.4 is 27.4 Å². The Morgan fingerprint density at radius 1 is 1.15 bits per heavy atom. The summed E-state index contributed by atoms with van der Waals surface area (Å²) in [4.78, 5) is 13.5. The van der Waals surface area contributed by atoms with Gasteiger partial charge in [0.2, 0.25) is 0 Å². The maximum absolute atomic E-state index is 12.4. The summed E-state index contributed by atoms with van der Waals surface area (Å²) in [6.45, 7) is 7.66. The fraction of sp³-hybridized carbons (Fsp3) is 0.632. The van der Waals surface area contributed by atoms with Crippen LogP contribution in [-0.4, -0.2) is 62.1 Å². The summed E-state index contributed by atoms with van der Waals surface area (Å²) in [5, 5.41) is 20.9. The van der Waals surface area contributed by atoms with Gasteiger partial charge in [0.1, 0.15) is 18.8 Å². The number of para-hydroxylation sites is 1. The average Bonchev–Trinajstić information content (AvgIpc) is 2.59. The average molecular weight is 389 g/mol. The Balaban J connectivity index is 0.00000625. The van der Waals surface area contributed by atoms with Gasteiger partial charge < -0.3 is 37.6 Å². The summed E-state index contributed by atoms with van der Waals surface area (Å²) in [5.41, 5.74) is 0.557. The van der Waals surface area contributed by atoms with Crippen molar-refractivity contribution >= 4 is 5.91 Å². The minimum atomic E-state index is -0.133. The first-order valence-corrected chi connectivity index (χ1v) is 9.13. The fourth-order valence-electron chi connectivity index (χ4n) is 2.51. The molecule has 0 bridgehead atoms. The Labute approximate surface area is 163 Å². The Morgan fingerprint density at radius 2 is 1.81 bits per heavy atom. The van der Waals surface area contributed by atoms with E-state index in [0.29, 0.717) is 43.5 Å². The van der Waals surface area contributed by atoms with Gasteiger partial charge in [-0.3, -0.25) is 4.79 Å². The molecule has 1 amide bonds. The molecule has 0 aliphatic rings. The van der Waals surface area contributed by atoms with Crippen LogP contribution in [0.15, 0.2) is 24.3 Å². The van der Waals surface area contributed by atoms with E-state index in [1.54, 1.807) is 6.07 Å². The quantitative estimate of drug-likeness (QED) is 0.273. The summed E-state index contributed by atoms with van der Waals surface area (Å²) in [6.07, 6.45) is 1.74. The Morgan fingerprint density at radius 3 is 2.42 bits per heavy atom. The molecule has 0 unspecified atom stereocenters. The second kappa shape index (κ2) is 14.8. The standard InChI is InChI=1S/C19H32N2O4.ClH/c1-16(2)8-15-25-18-7-4-3-6-17(18)19(24)20-9-5-10-21(11-13-22)12-14-23;/h3-4,6-7,16,22-23H,5,8-15H2,1-2H3,(H,20,24);1H. The molecular weight excluding hydrogens is 356 g/mol. The number of quaternary nitrogens is 1. The van der Waals surface area contributed by atoms with E-state index in [-0.39, 0.29) is 31.5 Å². The highest BCUT2D eigenvalue weighted by atomic mass is 35.5. The lowest BCUT2D eigenvalue weighted by Gasteiger charge is -2.17. The zero-order valence-corrected chi connectivity index (χ0v) is 16.6. The number of aliphatic hydroxyl groups is 2. The summed E-state index contributed by atoms with van der Waals surface area (Å²) < 4.78 is 5.76. The lowest BCUT2D eigenvalue weighted by atomic mass is 10.1. The number of carbonyl (C=O) groups excluding carboxylic acids is 1. The number of hydrogen-bond acceptors (Lipinski definition) is 4. The maximum Gasteiger partial charge on any atom is 0.255 e. The van der Waals surface area contributed by atoms with Gasteiger partial charge in [-0.15, -0.1) is 0 Å². The first-order valence-electron chi connectivity index (χ1n) is 9.13. The molecule has 26 heavy (non-hydrogen) atoms. The first-order chi connectivity index (χ1) is 12.1. The molecule has 0 saturated carbocycles. The second-order valence-corrected chi connectivity index (χ2v) is 6.58. The van der Waals surface area contributed by atoms with Crippen LogP contribution in [0, 0.1) is 5.92 Å². The van der Waals surface area contributed by atoms with Crippen LogP contribution in [0.25, 0.3) is 0 Å². The number of hydrogen-bond donors (Lipinski definition) is 4. The molecule has 0 aliphatic carbocycles. The molecule has 7 heteroatoms. The third-order valence-electron chi connectivity index (χ3n) is 4.01. The van der Waals surface area contributed by atoms with Crippen LogP contribution >= 0.6 is 0 Å². The number of rotatable bonds is 13. The van der Waals surface area contributed by atoms with Crippen molar-refractivity contribution in [2.24, 2.45) is 5.92 Å². The van der Waals surface area contributed by atoms with E-state index in [1.165, 1.54) is 0 Å². The van der Waals surface area contributed by atoms with E-state index in [1.807, 2.05) is 18.2 Å². The van der Waals surface area contributed by atoms with Crippen LogP contribution in [-0.2, 0) is 0 Å². The van der Waals surface area contributed by atoms with Crippen LogP contribution in [0.4, 0.5) is 0 Å². The van der Waals surface area contributed by atoms with Crippen molar-refractivity contribution in [2.75, 3.05) is 46.0 Å². The molecule has 1 aromatic rings. The molecule has 0 radical (unpaired) electrons. The largest absolute Gasteiger partial charge is 1.00 e. The van der Waals surface area contributed by atoms with Gasteiger partial charge in [-0.2, -0.15) is 0 Å².